The van der Waals surface area contributed by atoms with E-state index in [9.17, 15) is 9.59 Å². The molecule has 5 nitrogen and oxygen atoms in total. The van der Waals surface area contributed by atoms with Crippen molar-refractivity contribution < 1.29 is 14.3 Å². The first kappa shape index (κ1) is 22.5. The number of benzene rings is 3. The zero-order chi connectivity index (χ0) is 23.9. The fourth-order valence-electron chi connectivity index (χ4n) is 3.58. The Morgan fingerprint density at radius 2 is 1.85 bits per heavy atom. The third-order valence-corrected chi connectivity index (χ3v) is 5.41. The second-order valence-corrected chi connectivity index (χ2v) is 7.66. The summed E-state index contributed by atoms with van der Waals surface area (Å²) in [4.78, 5) is 28.6. The zero-order valence-corrected chi connectivity index (χ0v) is 18.6. The van der Waals surface area contributed by atoms with Crippen LogP contribution in [-0.4, -0.2) is 17.2 Å². The molecule has 0 aliphatic rings. The Balaban J connectivity index is 1.55. The average Bonchev–Trinajstić information content (AvgIpc) is 2.89. The molecule has 4 aromatic rings. The SMILES string of the molecule is C#Cc1cccc(COc2cc(C(=O)Nc3cccc(-c4ccccc4)c3C)ncc2C=O)c1. The normalized spacial score (nSPS) is 10.2. The smallest absolute Gasteiger partial charge is 0.274 e. The molecule has 0 radical (unpaired) electrons. The summed E-state index contributed by atoms with van der Waals surface area (Å²) >= 11 is 0. The van der Waals surface area contributed by atoms with Crippen molar-refractivity contribution in [1.82, 2.24) is 4.98 Å². The van der Waals surface area contributed by atoms with E-state index in [-0.39, 0.29) is 23.6 Å². The van der Waals surface area contributed by atoms with E-state index in [1.165, 1.54) is 12.3 Å². The average molecular weight is 447 g/mol. The molecule has 5 heteroatoms. The van der Waals surface area contributed by atoms with Crippen LogP contribution in [0.5, 0.6) is 5.75 Å². The van der Waals surface area contributed by atoms with Crippen molar-refractivity contribution in [2.45, 2.75) is 13.5 Å². The fourth-order valence-corrected chi connectivity index (χ4v) is 3.58. The lowest BCUT2D eigenvalue weighted by molar-refractivity contribution is 0.102. The number of aldehydes is 1. The maximum absolute atomic E-state index is 13.0. The molecule has 0 bridgehead atoms. The quantitative estimate of drug-likeness (QED) is 0.293. The van der Waals surface area contributed by atoms with E-state index in [1.54, 1.807) is 0 Å². The van der Waals surface area contributed by atoms with Crippen molar-refractivity contribution in [3.05, 3.63) is 113 Å². The number of anilines is 1. The Morgan fingerprint density at radius 1 is 1.06 bits per heavy atom. The summed E-state index contributed by atoms with van der Waals surface area (Å²) in [6, 6.07) is 24.6. The molecule has 0 aliphatic heterocycles. The Bertz CT molecular complexity index is 1390. The van der Waals surface area contributed by atoms with Crippen molar-refractivity contribution in [1.29, 1.82) is 0 Å². The van der Waals surface area contributed by atoms with E-state index in [4.69, 9.17) is 11.2 Å². The van der Waals surface area contributed by atoms with Gasteiger partial charge in [0.05, 0.1) is 5.56 Å². The van der Waals surface area contributed by atoms with Gasteiger partial charge in [0.15, 0.2) is 6.29 Å². The predicted molar refractivity (Wildman–Crippen MR) is 133 cm³/mol. The van der Waals surface area contributed by atoms with Crippen LogP contribution in [0, 0.1) is 19.3 Å². The molecule has 4 rings (SSSR count). The van der Waals surface area contributed by atoms with Gasteiger partial charge in [-0.05, 0) is 47.4 Å². The predicted octanol–water partition coefficient (Wildman–Crippen LogP) is 5.68. The number of nitrogens with zero attached hydrogens (tertiary/aromatic N) is 1. The lowest BCUT2D eigenvalue weighted by Gasteiger charge is -2.14. The number of carbonyl (C=O) groups excluding carboxylic acids is 2. The van der Waals surface area contributed by atoms with E-state index >= 15 is 0 Å². The van der Waals surface area contributed by atoms with Gasteiger partial charge in [-0.15, -0.1) is 6.42 Å². The van der Waals surface area contributed by atoms with Gasteiger partial charge in [0, 0.05) is 23.5 Å². The van der Waals surface area contributed by atoms with Gasteiger partial charge in [0.1, 0.15) is 18.1 Å². The molecule has 34 heavy (non-hydrogen) atoms. The maximum Gasteiger partial charge on any atom is 0.274 e. The molecule has 166 valence electrons. The number of carbonyl (C=O) groups is 2. The lowest BCUT2D eigenvalue weighted by atomic mass is 9.99. The summed E-state index contributed by atoms with van der Waals surface area (Å²) in [6.07, 6.45) is 7.43. The van der Waals surface area contributed by atoms with Gasteiger partial charge in [0.25, 0.3) is 5.91 Å². The number of pyridine rings is 1. The highest BCUT2D eigenvalue weighted by Gasteiger charge is 2.15. The zero-order valence-electron chi connectivity index (χ0n) is 18.6. The van der Waals surface area contributed by atoms with Gasteiger partial charge in [-0.2, -0.15) is 0 Å². The molecule has 1 heterocycles. The van der Waals surface area contributed by atoms with Crippen LogP contribution in [0.2, 0.25) is 0 Å². The highest BCUT2D eigenvalue weighted by atomic mass is 16.5. The summed E-state index contributed by atoms with van der Waals surface area (Å²) in [7, 11) is 0. The molecule has 3 aromatic carbocycles. The van der Waals surface area contributed by atoms with Crippen LogP contribution in [0.1, 0.15) is 37.5 Å². The van der Waals surface area contributed by atoms with Crippen molar-refractivity contribution >= 4 is 17.9 Å². The standard InChI is InChI=1S/C29H22N2O3/c1-3-21-9-7-10-22(15-21)19-34-28-16-27(30-17-24(28)18-32)29(33)31-26-14-8-13-25(20(26)2)23-11-5-4-6-12-23/h1,4-18H,19H2,2H3,(H,31,33). The number of aromatic nitrogens is 1. The van der Waals surface area contributed by atoms with Crippen molar-refractivity contribution in [2.24, 2.45) is 0 Å². The first-order valence-electron chi connectivity index (χ1n) is 10.7. The number of rotatable bonds is 7. The lowest BCUT2D eigenvalue weighted by Crippen LogP contribution is -2.15. The second-order valence-electron chi connectivity index (χ2n) is 7.66. The topological polar surface area (TPSA) is 68.3 Å². The molecule has 0 spiro atoms. The fraction of sp³-hybridized carbons (Fsp3) is 0.0690. The van der Waals surface area contributed by atoms with E-state index in [1.807, 2.05) is 79.7 Å². The first-order chi connectivity index (χ1) is 16.6. The van der Waals surface area contributed by atoms with Crippen molar-refractivity contribution in [2.75, 3.05) is 5.32 Å². The van der Waals surface area contributed by atoms with Crippen LogP contribution in [0.25, 0.3) is 11.1 Å². The molecule has 1 aromatic heterocycles. The molecule has 0 fully saturated rings. The molecular formula is C29H22N2O3. The van der Waals surface area contributed by atoms with Gasteiger partial charge < -0.3 is 10.1 Å². The minimum absolute atomic E-state index is 0.141. The monoisotopic (exact) mass is 446 g/mol. The molecule has 1 amide bonds. The van der Waals surface area contributed by atoms with Crippen LogP contribution < -0.4 is 10.1 Å². The summed E-state index contributed by atoms with van der Waals surface area (Å²) < 4.78 is 5.84. The number of hydrogen-bond acceptors (Lipinski definition) is 4. The minimum atomic E-state index is -0.398. The van der Waals surface area contributed by atoms with Crippen LogP contribution in [0.3, 0.4) is 0 Å². The third-order valence-electron chi connectivity index (χ3n) is 5.41. The maximum atomic E-state index is 13.0. The van der Waals surface area contributed by atoms with E-state index in [2.05, 4.69) is 16.2 Å². The third kappa shape index (κ3) is 5.03. The van der Waals surface area contributed by atoms with Crippen molar-refractivity contribution in [3.8, 4) is 29.2 Å². The van der Waals surface area contributed by atoms with Gasteiger partial charge in [-0.1, -0.05) is 60.5 Å². The van der Waals surface area contributed by atoms with Crippen molar-refractivity contribution in [3.63, 3.8) is 0 Å². The van der Waals surface area contributed by atoms with Crippen LogP contribution >= 0.6 is 0 Å². The number of terminal acetylenes is 1. The summed E-state index contributed by atoms with van der Waals surface area (Å²) in [5.41, 5.74) is 5.70. The first-order valence-corrected chi connectivity index (χ1v) is 10.7. The molecule has 0 atom stereocenters. The molecule has 0 unspecified atom stereocenters. The largest absolute Gasteiger partial charge is 0.488 e. The number of nitrogens with one attached hydrogen (secondary N) is 1. The molecule has 0 saturated carbocycles. The molecule has 1 N–H and O–H groups in total. The van der Waals surface area contributed by atoms with Gasteiger partial charge >= 0.3 is 0 Å². The van der Waals surface area contributed by atoms with E-state index in [0.717, 1.165) is 27.8 Å². The van der Waals surface area contributed by atoms with Crippen LogP contribution in [0.4, 0.5) is 5.69 Å². The summed E-state index contributed by atoms with van der Waals surface area (Å²) in [6.45, 7) is 2.15. The minimum Gasteiger partial charge on any atom is -0.488 e. The Kier molecular flexibility index (Phi) is 6.81. The van der Waals surface area contributed by atoms with Gasteiger partial charge in [-0.25, -0.2) is 0 Å². The number of hydrogen-bond donors (Lipinski definition) is 1. The Morgan fingerprint density at radius 3 is 2.62 bits per heavy atom. The summed E-state index contributed by atoms with van der Waals surface area (Å²) in [5, 5.41) is 2.92. The van der Waals surface area contributed by atoms with Crippen LogP contribution in [0.15, 0.2) is 85.1 Å². The van der Waals surface area contributed by atoms with Gasteiger partial charge in [-0.3, -0.25) is 14.6 Å². The molecule has 0 aliphatic carbocycles. The van der Waals surface area contributed by atoms with E-state index < -0.39 is 5.91 Å². The Hall–Kier alpha value is -4.69. The Labute approximate surface area is 198 Å². The van der Waals surface area contributed by atoms with E-state index in [0.29, 0.717) is 12.0 Å². The highest BCUT2D eigenvalue weighted by molar-refractivity contribution is 6.04. The summed E-state index contributed by atoms with van der Waals surface area (Å²) in [5.74, 6) is 2.46. The van der Waals surface area contributed by atoms with Gasteiger partial charge in [0.2, 0.25) is 0 Å². The molecule has 0 saturated heterocycles. The second kappa shape index (κ2) is 10.3. The number of amides is 1. The number of ether oxygens (including phenoxy) is 1. The highest BCUT2D eigenvalue weighted by Crippen LogP contribution is 2.29. The molecular weight excluding hydrogens is 424 g/mol. The van der Waals surface area contributed by atoms with Crippen LogP contribution in [-0.2, 0) is 6.61 Å².